The second-order valence-corrected chi connectivity index (χ2v) is 13.0. The highest BCUT2D eigenvalue weighted by molar-refractivity contribution is 6.21. The van der Waals surface area contributed by atoms with Crippen LogP contribution in [-0.2, 0) is 0 Å². The first-order chi connectivity index (χ1) is 24.8. The molecule has 0 saturated heterocycles. The Morgan fingerprint density at radius 3 is 1.70 bits per heavy atom. The summed E-state index contributed by atoms with van der Waals surface area (Å²) in [5.41, 5.74) is 9.37. The van der Waals surface area contributed by atoms with Gasteiger partial charge in [0.15, 0.2) is 0 Å². The molecule has 0 atom stereocenters. The summed E-state index contributed by atoms with van der Waals surface area (Å²) in [7, 11) is 0. The summed E-state index contributed by atoms with van der Waals surface area (Å²) in [6.45, 7) is 0. The Bertz CT molecular complexity index is 2850. The second-order valence-electron chi connectivity index (χ2n) is 13.0. The molecule has 9 aromatic carbocycles. The molecule has 10 aromatic rings. The number of hydrogen-bond acceptors (Lipinski definition) is 1. The van der Waals surface area contributed by atoms with Crippen molar-refractivity contribution in [3.05, 3.63) is 194 Å². The number of anilines is 3. The average Bonchev–Trinajstić information content (AvgIpc) is 3.52. The van der Waals surface area contributed by atoms with E-state index in [0.717, 1.165) is 22.7 Å². The summed E-state index contributed by atoms with van der Waals surface area (Å²) < 4.78 is 2.37. The Hall–Kier alpha value is -6.64. The topological polar surface area (TPSA) is 8.17 Å². The molecular weight excluding hydrogens is 605 g/mol. The Kier molecular flexibility index (Phi) is 6.53. The molecule has 2 nitrogen and oxygen atoms in total. The summed E-state index contributed by atoms with van der Waals surface area (Å²) in [5, 5.41) is 10.1. The van der Waals surface area contributed by atoms with Crippen LogP contribution in [0.5, 0.6) is 0 Å². The zero-order valence-electron chi connectivity index (χ0n) is 27.4. The Labute approximate surface area is 290 Å². The molecule has 1 aromatic heterocycles. The van der Waals surface area contributed by atoms with Gasteiger partial charge in [-0.25, -0.2) is 0 Å². The summed E-state index contributed by atoms with van der Waals surface area (Å²) in [5.74, 6) is 0. The van der Waals surface area contributed by atoms with Gasteiger partial charge in [-0.3, -0.25) is 0 Å². The van der Waals surface area contributed by atoms with Crippen molar-refractivity contribution >= 4 is 71.2 Å². The van der Waals surface area contributed by atoms with Crippen molar-refractivity contribution in [2.75, 3.05) is 4.90 Å². The quantitative estimate of drug-likeness (QED) is 0.171. The standard InChI is InChI=1S/C48H32N2/c1-3-14-35(15-4-1)49(38-28-30-48-46(31-38)43-21-11-12-22-47(43)50(48)36-16-5-2-6-17-36)37-26-23-34(24-27-37)44-32-45-39-18-8-7-13-33(39)25-29-42(45)40-19-9-10-20-41(40)44/h1-32H. The zero-order valence-corrected chi connectivity index (χ0v) is 27.4. The molecule has 0 spiro atoms. The SMILES string of the molecule is c1ccc(N(c2ccc(-c3cc4c5ccccc5ccc4c4ccccc34)cc2)c2ccc3c(c2)c2ccccc2n3-c2ccccc2)cc1. The van der Waals surface area contributed by atoms with Gasteiger partial charge in [-0.1, -0.05) is 127 Å². The van der Waals surface area contributed by atoms with E-state index in [0.29, 0.717) is 0 Å². The molecule has 0 radical (unpaired) electrons. The van der Waals surface area contributed by atoms with E-state index in [-0.39, 0.29) is 0 Å². The minimum atomic E-state index is 1.11. The van der Waals surface area contributed by atoms with Gasteiger partial charge < -0.3 is 9.47 Å². The van der Waals surface area contributed by atoms with Gasteiger partial charge in [-0.05, 0) is 110 Å². The van der Waals surface area contributed by atoms with Gasteiger partial charge in [0.1, 0.15) is 0 Å². The van der Waals surface area contributed by atoms with Gasteiger partial charge in [-0.15, -0.1) is 0 Å². The highest BCUT2D eigenvalue weighted by Crippen LogP contribution is 2.42. The number of hydrogen-bond donors (Lipinski definition) is 0. The number of benzene rings is 9. The van der Waals surface area contributed by atoms with E-state index in [9.17, 15) is 0 Å². The van der Waals surface area contributed by atoms with Crippen molar-refractivity contribution in [2.45, 2.75) is 0 Å². The predicted octanol–water partition coefficient (Wildman–Crippen LogP) is 13.4. The summed E-state index contributed by atoms with van der Waals surface area (Å²) in [4.78, 5) is 2.36. The first kappa shape index (κ1) is 28.4. The maximum Gasteiger partial charge on any atom is 0.0542 e. The molecule has 0 N–H and O–H groups in total. The molecule has 0 bridgehead atoms. The molecule has 0 amide bonds. The summed E-state index contributed by atoms with van der Waals surface area (Å²) in [6.07, 6.45) is 0. The van der Waals surface area contributed by atoms with Gasteiger partial charge in [-0.2, -0.15) is 0 Å². The van der Waals surface area contributed by atoms with E-state index in [4.69, 9.17) is 0 Å². The predicted molar refractivity (Wildman–Crippen MR) is 213 cm³/mol. The summed E-state index contributed by atoms with van der Waals surface area (Å²) >= 11 is 0. The molecule has 0 fully saturated rings. The van der Waals surface area contributed by atoms with Crippen molar-refractivity contribution in [1.29, 1.82) is 0 Å². The normalized spacial score (nSPS) is 11.6. The third-order valence-electron chi connectivity index (χ3n) is 10.1. The third-order valence-corrected chi connectivity index (χ3v) is 10.1. The van der Waals surface area contributed by atoms with Gasteiger partial charge in [0.05, 0.1) is 11.0 Å². The van der Waals surface area contributed by atoms with E-state index in [1.54, 1.807) is 0 Å². The van der Waals surface area contributed by atoms with Crippen LogP contribution in [0.3, 0.4) is 0 Å². The zero-order chi connectivity index (χ0) is 33.0. The molecule has 0 aliphatic rings. The monoisotopic (exact) mass is 636 g/mol. The lowest BCUT2D eigenvalue weighted by atomic mass is 9.91. The van der Waals surface area contributed by atoms with Crippen LogP contribution in [0.1, 0.15) is 0 Å². The number of rotatable bonds is 5. The fourth-order valence-corrected chi connectivity index (χ4v) is 7.87. The van der Waals surface area contributed by atoms with Crippen molar-refractivity contribution in [1.82, 2.24) is 4.57 Å². The second kappa shape index (κ2) is 11.5. The minimum absolute atomic E-state index is 1.11. The van der Waals surface area contributed by atoms with Crippen LogP contribution in [0.15, 0.2) is 194 Å². The van der Waals surface area contributed by atoms with Gasteiger partial charge in [0, 0.05) is 33.5 Å². The summed E-state index contributed by atoms with van der Waals surface area (Å²) in [6, 6.07) is 70.4. The number of fused-ring (bicyclic) bond motifs is 8. The molecular formula is C48H32N2. The van der Waals surface area contributed by atoms with E-state index >= 15 is 0 Å². The first-order valence-electron chi connectivity index (χ1n) is 17.2. The number of aromatic nitrogens is 1. The van der Waals surface area contributed by atoms with Crippen molar-refractivity contribution in [3.8, 4) is 16.8 Å². The fourth-order valence-electron chi connectivity index (χ4n) is 7.87. The lowest BCUT2D eigenvalue weighted by molar-refractivity contribution is 1.18. The maximum atomic E-state index is 2.39. The van der Waals surface area contributed by atoms with Crippen LogP contribution in [0.25, 0.3) is 70.9 Å². The largest absolute Gasteiger partial charge is 0.310 e. The Morgan fingerprint density at radius 2 is 0.900 bits per heavy atom. The van der Waals surface area contributed by atoms with Gasteiger partial charge >= 0.3 is 0 Å². The molecule has 2 heteroatoms. The van der Waals surface area contributed by atoms with Crippen molar-refractivity contribution in [3.63, 3.8) is 0 Å². The highest BCUT2D eigenvalue weighted by atomic mass is 15.1. The van der Waals surface area contributed by atoms with Crippen LogP contribution >= 0.6 is 0 Å². The minimum Gasteiger partial charge on any atom is -0.310 e. The lowest BCUT2D eigenvalue weighted by Crippen LogP contribution is -2.09. The van der Waals surface area contributed by atoms with Gasteiger partial charge in [0.2, 0.25) is 0 Å². The molecule has 1 heterocycles. The molecule has 0 aliphatic carbocycles. The number of para-hydroxylation sites is 3. The van der Waals surface area contributed by atoms with Crippen LogP contribution in [0, 0.1) is 0 Å². The maximum absolute atomic E-state index is 2.39. The molecule has 0 saturated carbocycles. The van der Waals surface area contributed by atoms with E-state index < -0.39 is 0 Å². The first-order valence-corrected chi connectivity index (χ1v) is 17.2. The Balaban J connectivity index is 1.14. The van der Waals surface area contributed by atoms with Gasteiger partial charge in [0.25, 0.3) is 0 Å². The van der Waals surface area contributed by atoms with E-state index in [1.807, 2.05) is 0 Å². The molecule has 0 unspecified atom stereocenters. The van der Waals surface area contributed by atoms with Crippen molar-refractivity contribution < 1.29 is 0 Å². The fraction of sp³-hybridized carbons (Fsp3) is 0. The molecule has 0 aliphatic heterocycles. The van der Waals surface area contributed by atoms with E-state index in [2.05, 4.69) is 204 Å². The molecule has 10 rings (SSSR count). The highest BCUT2D eigenvalue weighted by Gasteiger charge is 2.18. The Morgan fingerprint density at radius 1 is 0.320 bits per heavy atom. The van der Waals surface area contributed by atoms with E-state index in [1.165, 1.54) is 65.3 Å². The van der Waals surface area contributed by atoms with Crippen LogP contribution in [0.4, 0.5) is 17.1 Å². The smallest absolute Gasteiger partial charge is 0.0542 e. The van der Waals surface area contributed by atoms with Crippen molar-refractivity contribution in [2.24, 2.45) is 0 Å². The molecule has 50 heavy (non-hydrogen) atoms. The average molecular weight is 637 g/mol. The number of nitrogens with zero attached hydrogens (tertiary/aromatic N) is 2. The third kappa shape index (κ3) is 4.50. The molecule has 234 valence electrons. The van der Waals surface area contributed by atoms with Crippen LogP contribution in [-0.4, -0.2) is 4.57 Å². The van der Waals surface area contributed by atoms with Crippen LogP contribution in [0.2, 0.25) is 0 Å². The van der Waals surface area contributed by atoms with Crippen LogP contribution < -0.4 is 4.90 Å². The lowest BCUT2D eigenvalue weighted by Gasteiger charge is -2.26.